The van der Waals surface area contributed by atoms with Crippen molar-refractivity contribution in [3.8, 4) is 0 Å². The van der Waals surface area contributed by atoms with Crippen molar-refractivity contribution in [1.29, 1.82) is 0 Å². The van der Waals surface area contributed by atoms with Crippen LogP contribution in [0.3, 0.4) is 0 Å². The molecule has 0 saturated carbocycles. The minimum atomic E-state index is -0.208. The Kier molecular flexibility index (Phi) is 4.04. The maximum Gasteiger partial charge on any atom is 0.290 e. The van der Waals surface area contributed by atoms with Gasteiger partial charge in [-0.2, -0.15) is 0 Å². The highest BCUT2D eigenvalue weighted by Crippen LogP contribution is 2.17. The van der Waals surface area contributed by atoms with Crippen LogP contribution in [0.4, 0.5) is 0 Å². The highest BCUT2D eigenvalue weighted by Gasteiger charge is 2.20. The van der Waals surface area contributed by atoms with Crippen LogP contribution in [0.5, 0.6) is 0 Å². The predicted molar refractivity (Wildman–Crippen MR) is 62.3 cm³/mol. The fourth-order valence-electron chi connectivity index (χ4n) is 1.16. The standard InChI is InChI=1S/C11H20N4O/c1-5-6-7-12-9(16)8-13-10(15-14-8)11(2,3)4/h5-7H2,1-4H3,(H,12,16)(H,13,14,15). The first-order chi connectivity index (χ1) is 7.45. The molecule has 0 aromatic carbocycles. The first-order valence-corrected chi connectivity index (χ1v) is 5.66. The lowest BCUT2D eigenvalue weighted by Crippen LogP contribution is -2.25. The SMILES string of the molecule is CCCCNC(=O)c1n[nH]c(C(C)(C)C)n1. The van der Waals surface area contributed by atoms with Crippen LogP contribution in [-0.4, -0.2) is 27.6 Å². The van der Waals surface area contributed by atoms with Gasteiger partial charge in [0.25, 0.3) is 5.91 Å². The Morgan fingerprint density at radius 1 is 1.44 bits per heavy atom. The number of carbonyl (C=O) groups is 1. The summed E-state index contributed by atoms with van der Waals surface area (Å²) in [5.74, 6) is 0.745. The Hall–Kier alpha value is -1.39. The van der Waals surface area contributed by atoms with E-state index in [1.807, 2.05) is 20.8 Å². The molecule has 0 atom stereocenters. The van der Waals surface area contributed by atoms with E-state index in [0.29, 0.717) is 6.54 Å². The second-order valence-corrected chi connectivity index (χ2v) is 4.87. The topological polar surface area (TPSA) is 70.7 Å². The summed E-state index contributed by atoms with van der Waals surface area (Å²) in [6.07, 6.45) is 2.03. The molecule has 1 amide bonds. The number of H-pyrrole nitrogens is 1. The molecule has 0 unspecified atom stereocenters. The van der Waals surface area contributed by atoms with Gasteiger partial charge in [-0.05, 0) is 6.42 Å². The van der Waals surface area contributed by atoms with Crippen molar-refractivity contribution in [2.24, 2.45) is 0 Å². The summed E-state index contributed by atoms with van der Waals surface area (Å²) < 4.78 is 0. The van der Waals surface area contributed by atoms with E-state index in [2.05, 4.69) is 27.4 Å². The quantitative estimate of drug-likeness (QED) is 0.764. The van der Waals surface area contributed by atoms with Crippen molar-refractivity contribution >= 4 is 5.91 Å². The van der Waals surface area contributed by atoms with Gasteiger partial charge in [0.15, 0.2) is 0 Å². The molecule has 0 aliphatic carbocycles. The van der Waals surface area contributed by atoms with Crippen molar-refractivity contribution in [2.75, 3.05) is 6.54 Å². The molecule has 0 saturated heterocycles. The molecule has 1 aromatic heterocycles. The molecule has 1 heterocycles. The van der Waals surface area contributed by atoms with Crippen molar-refractivity contribution in [1.82, 2.24) is 20.5 Å². The molecule has 0 bridgehead atoms. The van der Waals surface area contributed by atoms with Crippen LogP contribution in [0.1, 0.15) is 57.0 Å². The fourth-order valence-corrected chi connectivity index (χ4v) is 1.16. The van der Waals surface area contributed by atoms with E-state index in [4.69, 9.17) is 0 Å². The number of nitrogens with one attached hydrogen (secondary N) is 2. The molecule has 16 heavy (non-hydrogen) atoms. The number of rotatable bonds is 4. The molecule has 0 fully saturated rings. The average Bonchev–Trinajstić information content (AvgIpc) is 2.66. The third-order valence-electron chi connectivity index (χ3n) is 2.21. The second kappa shape index (κ2) is 5.09. The van der Waals surface area contributed by atoms with E-state index in [1.54, 1.807) is 0 Å². The van der Waals surface area contributed by atoms with Crippen LogP contribution in [0.15, 0.2) is 0 Å². The lowest BCUT2D eigenvalue weighted by molar-refractivity contribution is 0.0943. The van der Waals surface area contributed by atoms with Crippen molar-refractivity contribution in [2.45, 2.75) is 46.0 Å². The van der Waals surface area contributed by atoms with Gasteiger partial charge in [0.2, 0.25) is 5.82 Å². The molecule has 5 nitrogen and oxygen atoms in total. The molecule has 90 valence electrons. The number of aromatic nitrogens is 3. The molecule has 5 heteroatoms. The molecular formula is C11H20N4O. The lowest BCUT2D eigenvalue weighted by atomic mass is 9.96. The second-order valence-electron chi connectivity index (χ2n) is 4.87. The summed E-state index contributed by atoms with van der Waals surface area (Å²) in [5.41, 5.74) is -0.116. The number of unbranched alkanes of at least 4 members (excludes halogenated alkanes) is 1. The number of aromatic amines is 1. The van der Waals surface area contributed by atoms with Gasteiger partial charge in [0, 0.05) is 12.0 Å². The number of nitrogens with zero attached hydrogens (tertiary/aromatic N) is 2. The summed E-state index contributed by atoms with van der Waals surface area (Å²) >= 11 is 0. The Bertz CT molecular complexity index is 351. The highest BCUT2D eigenvalue weighted by molar-refractivity contribution is 5.90. The number of amides is 1. The fraction of sp³-hybridized carbons (Fsp3) is 0.727. The molecular weight excluding hydrogens is 204 g/mol. The van der Waals surface area contributed by atoms with Crippen LogP contribution in [-0.2, 0) is 5.41 Å². The van der Waals surface area contributed by atoms with E-state index in [9.17, 15) is 4.79 Å². The normalized spacial score (nSPS) is 11.5. The van der Waals surface area contributed by atoms with E-state index in [0.717, 1.165) is 18.7 Å². The van der Waals surface area contributed by atoms with Gasteiger partial charge in [-0.1, -0.05) is 34.1 Å². The molecule has 1 rings (SSSR count). The molecule has 0 aliphatic rings. The monoisotopic (exact) mass is 224 g/mol. The highest BCUT2D eigenvalue weighted by atomic mass is 16.2. The van der Waals surface area contributed by atoms with Crippen LogP contribution < -0.4 is 5.32 Å². The van der Waals surface area contributed by atoms with Crippen molar-refractivity contribution in [3.63, 3.8) is 0 Å². The summed E-state index contributed by atoms with van der Waals surface area (Å²) in [4.78, 5) is 15.8. The number of hydrogen-bond donors (Lipinski definition) is 2. The van der Waals surface area contributed by atoms with Crippen molar-refractivity contribution < 1.29 is 4.79 Å². The number of hydrogen-bond acceptors (Lipinski definition) is 3. The number of carbonyl (C=O) groups excluding carboxylic acids is 1. The first-order valence-electron chi connectivity index (χ1n) is 5.66. The molecule has 2 N–H and O–H groups in total. The van der Waals surface area contributed by atoms with E-state index in [-0.39, 0.29) is 17.1 Å². The predicted octanol–water partition coefficient (Wildman–Crippen LogP) is 1.63. The van der Waals surface area contributed by atoms with E-state index < -0.39 is 0 Å². The van der Waals surface area contributed by atoms with Gasteiger partial charge in [0.05, 0.1) is 0 Å². The Labute approximate surface area is 96.0 Å². The van der Waals surface area contributed by atoms with Crippen LogP contribution in [0.25, 0.3) is 0 Å². The van der Waals surface area contributed by atoms with Gasteiger partial charge >= 0.3 is 0 Å². The van der Waals surface area contributed by atoms with Crippen LogP contribution in [0, 0.1) is 0 Å². The molecule has 0 aliphatic heterocycles. The van der Waals surface area contributed by atoms with Crippen LogP contribution >= 0.6 is 0 Å². The van der Waals surface area contributed by atoms with E-state index >= 15 is 0 Å². The largest absolute Gasteiger partial charge is 0.349 e. The molecule has 0 radical (unpaired) electrons. The summed E-state index contributed by atoms with van der Waals surface area (Å²) in [6, 6.07) is 0. The zero-order valence-corrected chi connectivity index (χ0v) is 10.4. The molecule has 1 aromatic rings. The summed E-state index contributed by atoms with van der Waals surface area (Å²) in [7, 11) is 0. The summed E-state index contributed by atoms with van der Waals surface area (Å²) in [5, 5.41) is 9.49. The van der Waals surface area contributed by atoms with Gasteiger partial charge < -0.3 is 5.32 Å². The molecule has 0 spiro atoms. The van der Waals surface area contributed by atoms with Gasteiger partial charge in [-0.3, -0.25) is 9.89 Å². The Balaban J connectivity index is 2.60. The summed E-state index contributed by atoms with van der Waals surface area (Å²) in [6.45, 7) is 8.82. The third kappa shape index (κ3) is 3.32. The smallest absolute Gasteiger partial charge is 0.290 e. The van der Waals surface area contributed by atoms with Gasteiger partial charge in [0.1, 0.15) is 5.82 Å². The minimum Gasteiger partial charge on any atom is -0.349 e. The Morgan fingerprint density at radius 2 is 2.12 bits per heavy atom. The minimum absolute atomic E-state index is 0.116. The van der Waals surface area contributed by atoms with E-state index in [1.165, 1.54) is 0 Å². The maximum atomic E-state index is 11.6. The lowest BCUT2D eigenvalue weighted by Gasteiger charge is -2.12. The van der Waals surface area contributed by atoms with Crippen molar-refractivity contribution in [3.05, 3.63) is 11.6 Å². The Morgan fingerprint density at radius 3 is 2.62 bits per heavy atom. The zero-order chi connectivity index (χ0) is 12.2. The van der Waals surface area contributed by atoms with Gasteiger partial charge in [-0.15, -0.1) is 5.10 Å². The zero-order valence-electron chi connectivity index (χ0n) is 10.4. The third-order valence-corrected chi connectivity index (χ3v) is 2.21. The first kappa shape index (κ1) is 12.7. The van der Waals surface area contributed by atoms with Gasteiger partial charge in [-0.25, -0.2) is 4.98 Å². The maximum absolute atomic E-state index is 11.6. The average molecular weight is 224 g/mol. The van der Waals surface area contributed by atoms with Crippen LogP contribution in [0.2, 0.25) is 0 Å².